The summed E-state index contributed by atoms with van der Waals surface area (Å²) in [7, 11) is 1.60. The molecule has 1 aromatic carbocycles. The number of benzene rings is 1. The molecule has 0 spiro atoms. The Morgan fingerprint density at radius 3 is 2.92 bits per heavy atom. The van der Waals surface area contributed by atoms with Gasteiger partial charge in [-0.05, 0) is 25.1 Å². The quantitative estimate of drug-likeness (QED) is 0.662. The number of aromatic amines is 1. The van der Waals surface area contributed by atoms with E-state index in [9.17, 15) is 0 Å². The Hall–Kier alpha value is -2.06. The molecule has 1 N–H and O–H groups in total. The van der Waals surface area contributed by atoms with Gasteiger partial charge in [0.25, 0.3) is 0 Å². The number of methoxy groups -OCH3 is 1. The summed E-state index contributed by atoms with van der Waals surface area (Å²) in [5.74, 6) is 2.51. The van der Waals surface area contributed by atoms with Crippen LogP contribution in [0.2, 0.25) is 5.02 Å². The Kier molecular flexibility index (Phi) is 5.06. The number of H-pyrrole nitrogens is 1. The SMILES string of the molecule is CCc1noc([C@@H](C)Sc2n[nH]c(-c3cc(Cl)ccc3OC)n2)n1. The van der Waals surface area contributed by atoms with Crippen molar-refractivity contribution in [1.29, 1.82) is 0 Å². The van der Waals surface area contributed by atoms with Gasteiger partial charge < -0.3 is 9.26 Å². The molecule has 0 fully saturated rings. The Morgan fingerprint density at radius 1 is 1.38 bits per heavy atom. The summed E-state index contributed by atoms with van der Waals surface area (Å²) >= 11 is 7.49. The van der Waals surface area contributed by atoms with Gasteiger partial charge in [-0.25, -0.2) is 4.98 Å². The number of hydrogen-bond acceptors (Lipinski definition) is 7. The van der Waals surface area contributed by atoms with Gasteiger partial charge in [0, 0.05) is 11.4 Å². The molecule has 0 unspecified atom stereocenters. The van der Waals surface area contributed by atoms with Crippen LogP contribution in [0.5, 0.6) is 5.75 Å². The van der Waals surface area contributed by atoms with Crippen molar-refractivity contribution in [2.75, 3.05) is 7.11 Å². The molecule has 3 rings (SSSR count). The molecule has 1 atom stereocenters. The van der Waals surface area contributed by atoms with Gasteiger partial charge in [0.05, 0.1) is 17.9 Å². The molecule has 0 aliphatic rings. The maximum Gasteiger partial charge on any atom is 0.239 e. The molecule has 0 aliphatic carbocycles. The highest BCUT2D eigenvalue weighted by molar-refractivity contribution is 7.99. The lowest BCUT2D eigenvalue weighted by atomic mass is 10.2. The zero-order valence-corrected chi connectivity index (χ0v) is 15.0. The summed E-state index contributed by atoms with van der Waals surface area (Å²) in [6, 6.07) is 5.34. The van der Waals surface area contributed by atoms with Gasteiger partial charge in [0.2, 0.25) is 11.0 Å². The second-order valence-corrected chi connectivity index (χ2v) is 6.72. The van der Waals surface area contributed by atoms with Crippen molar-refractivity contribution in [3.8, 4) is 17.1 Å². The first-order chi connectivity index (χ1) is 11.6. The number of hydrogen-bond donors (Lipinski definition) is 1. The zero-order chi connectivity index (χ0) is 17.1. The molecule has 2 aromatic heterocycles. The van der Waals surface area contributed by atoms with Crippen molar-refractivity contribution in [3.05, 3.63) is 34.9 Å². The molecule has 9 heteroatoms. The van der Waals surface area contributed by atoms with Gasteiger partial charge >= 0.3 is 0 Å². The fourth-order valence-corrected chi connectivity index (χ4v) is 3.00. The van der Waals surface area contributed by atoms with Crippen LogP contribution in [0.1, 0.15) is 30.8 Å². The number of halogens is 1. The van der Waals surface area contributed by atoms with E-state index in [2.05, 4.69) is 25.3 Å². The van der Waals surface area contributed by atoms with E-state index in [-0.39, 0.29) is 5.25 Å². The Morgan fingerprint density at radius 2 is 2.21 bits per heavy atom. The van der Waals surface area contributed by atoms with Gasteiger partial charge in [0.1, 0.15) is 5.75 Å². The van der Waals surface area contributed by atoms with E-state index < -0.39 is 0 Å². The molecule has 0 bridgehead atoms. The lowest BCUT2D eigenvalue weighted by molar-refractivity contribution is 0.375. The van der Waals surface area contributed by atoms with Crippen LogP contribution in [0.25, 0.3) is 11.4 Å². The normalized spacial score (nSPS) is 12.3. The number of rotatable bonds is 6. The van der Waals surface area contributed by atoms with E-state index in [0.29, 0.717) is 33.5 Å². The smallest absolute Gasteiger partial charge is 0.239 e. The van der Waals surface area contributed by atoms with Crippen molar-refractivity contribution in [2.24, 2.45) is 0 Å². The second kappa shape index (κ2) is 7.23. The average molecular weight is 366 g/mol. The fourth-order valence-electron chi connectivity index (χ4n) is 2.07. The van der Waals surface area contributed by atoms with E-state index in [0.717, 1.165) is 12.0 Å². The molecular weight excluding hydrogens is 350 g/mol. The summed E-state index contributed by atoms with van der Waals surface area (Å²) in [5, 5.41) is 12.2. The molecule has 24 heavy (non-hydrogen) atoms. The number of nitrogens with zero attached hydrogens (tertiary/aromatic N) is 4. The third-order valence-corrected chi connectivity index (χ3v) is 4.50. The lowest BCUT2D eigenvalue weighted by Gasteiger charge is -2.05. The van der Waals surface area contributed by atoms with E-state index in [4.69, 9.17) is 20.9 Å². The number of aromatic nitrogens is 5. The maximum absolute atomic E-state index is 6.06. The van der Waals surface area contributed by atoms with Crippen molar-refractivity contribution in [3.63, 3.8) is 0 Å². The van der Waals surface area contributed by atoms with Crippen LogP contribution in [0.3, 0.4) is 0 Å². The average Bonchev–Trinajstić information content (AvgIpc) is 3.24. The predicted octanol–water partition coefficient (Wildman–Crippen LogP) is 3.93. The van der Waals surface area contributed by atoms with Crippen molar-refractivity contribution in [1.82, 2.24) is 25.3 Å². The monoisotopic (exact) mass is 365 g/mol. The fraction of sp³-hybridized carbons (Fsp3) is 0.333. The standard InChI is InChI=1S/C15H16ClN5O2S/c1-4-12-17-14(23-21-12)8(2)24-15-18-13(19-20-15)10-7-9(16)5-6-11(10)22-3/h5-8H,4H2,1-3H3,(H,18,19,20)/t8-/m1/s1. The highest BCUT2D eigenvalue weighted by Crippen LogP contribution is 2.35. The largest absolute Gasteiger partial charge is 0.496 e. The van der Waals surface area contributed by atoms with Gasteiger partial charge in [-0.3, -0.25) is 5.10 Å². The van der Waals surface area contributed by atoms with Gasteiger partial charge in [-0.2, -0.15) is 4.98 Å². The molecule has 0 amide bonds. The maximum atomic E-state index is 6.06. The summed E-state index contributed by atoms with van der Waals surface area (Å²) in [4.78, 5) is 8.82. The molecule has 2 heterocycles. The van der Waals surface area contributed by atoms with Crippen molar-refractivity contribution < 1.29 is 9.26 Å². The summed E-state index contributed by atoms with van der Waals surface area (Å²) in [6.07, 6.45) is 0.736. The highest BCUT2D eigenvalue weighted by atomic mass is 35.5. The van der Waals surface area contributed by atoms with E-state index in [1.165, 1.54) is 11.8 Å². The summed E-state index contributed by atoms with van der Waals surface area (Å²) in [6.45, 7) is 3.94. The van der Waals surface area contributed by atoms with Crippen LogP contribution in [0.15, 0.2) is 27.9 Å². The van der Waals surface area contributed by atoms with Gasteiger partial charge in [-0.15, -0.1) is 5.10 Å². The number of ether oxygens (including phenoxy) is 1. The van der Waals surface area contributed by atoms with E-state index in [1.54, 1.807) is 25.3 Å². The third-order valence-electron chi connectivity index (χ3n) is 3.31. The molecule has 0 aliphatic heterocycles. The molecule has 0 saturated heterocycles. The van der Waals surface area contributed by atoms with Gasteiger partial charge in [0.15, 0.2) is 11.6 Å². The van der Waals surface area contributed by atoms with Crippen LogP contribution in [0.4, 0.5) is 0 Å². The molecular formula is C15H16ClN5O2S. The Balaban J connectivity index is 1.79. The van der Waals surface area contributed by atoms with Crippen LogP contribution in [-0.4, -0.2) is 32.4 Å². The highest BCUT2D eigenvalue weighted by Gasteiger charge is 2.19. The van der Waals surface area contributed by atoms with Crippen LogP contribution < -0.4 is 4.74 Å². The lowest BCUT2D eigenvalue weighted by Crippen LogP contribution is -1.91. The van der Waals surface area contributed by atoms with Crippen LogP contribution >= 0.6 is 23.4 Å². The van der Waals surface area contributed by atoms with E-state index >= 15 is 0 Å². The molecule has 126 valence electrons. The molecule has 0 radical (unpaired) electrons. The molecule has 0 saturated carbocycles. The first-order valence-electron chi connectivity index (χ1n) is 7.36. The Bertz CT molecular complexity index is 835. The molecule has 3 aromatic rings. The number of thioether (sulfide) groups is 1. The minimum Gasteiger partial charge on any atom is -0.496 e. The second-order valence-electron chi connectivity index (χ2n) is 4.97. The minimum atomic E-state index is -0.0530. The van der Waals surface area contributed by atoms with Crippen LogP contribution in [-0.2, 0) is 6.42 Å². The predicted molar refractivity (Wildman–Crippen MR) is 91.3 cm³/mol. The first-order valence-corrected chi connectivity index (χ1v) is 8.62. The van der Waals surface area contributed by atoms with Crippen LogP contribution in [0, 0.1) is 0 Å². The van der Waals surface area contributed by atoms with Gasteiger partial charge in [-0.1, -0.05) is 35.4 Å². The molecule has 7 nitrogen and oxygen atoms in total. The Labute approximate surface area is 148 Å². The summed E-state index contributed by atoms with van der Waals surface area (Å²) in [5.41, 5.74) is 0.753. The first kappa shape index (κ1) is 16.8. The summed E-state index contributed by atoms with van der Waals surface area (Å²) < 4.78 is 10.6. The van der Waals surface area contributed by atoms with E-state index in [1.807, 2.05) is 13.8 Å². The minimum absolute atomic E-state index is 0.0530. The van der Waals surface area contributed by atoms with Crippen molar-refractivity contribution >= 4 is 23.4 Å². The topological polar surface area (TPSA) is 89.7 Å². The number of nitrogens with one attached hydrogen (secondary N) is 1. The zero-order valence-electron chi connectivity index (χ0n) is 13.4. The van der Waals surface area contributed by atoms with Crippen molar-refractivity contribution in [2.45, 2.75) is 30.7 Å². The third kappa shape index (κ3) is 3.54. The number of aryl methyl sites for hydroxylation is 1.